The van der Waals surface area contributed by atoms with Crippen molar-refractivity contribution in [2.24, 2.45) is 17.6 Å². The van der Waals surface area contributed by atoms with Gasteiger partial charge in [0, 0.05) is 31.1 Å². The quantitative estimate of drug-likeness (QED) is 0.820. The van der Waals surface area contributed by atoms with Gasteiger partial charge in [-0.15, -0.1) is 0 Å². The second-order valence-corrected chi connectivity index (χ2v) is 6.67. The summed E-state index contributed by atoms with van der Waals surface area (Å²) in [6, 6.07) is 0.847. The van der Waals surface area contributed by atoms with Crippen molar-refractivity contribution in [2.45, 2.75) is 51.1 Å². The average molecular weight is 267 g/mol. The van der Waals surface area contributed by atoms with Gasteiger partial charge in [0.2, 0.25) is 5.91 Å². The molecular weight excluding hydrogens is 238 g/mol. The molecule has 1 saturated carbocycles. The molecule has 19 heavy (non-hydrogen) atoms. The van der Waals surface area contributed by atoms with Gasteiger partial charge in [0.1, 0.15) is 0 Å². The van der Waals surface area contributed by atoms with Crippen molar-refractivity contribution in [3.05, 3.63) is 0 Å². The van der Waals surface area contributed by atoms with E-state index < -0.39 is 0 Å². The highest BCUT2D eigenvalue weighted by atomic mass is 16.2. The van der Waals surface area contributed by atoms with Crippen LogP contribution < -0.4 is 5.73 Å². The van der Waals surface area contributed by atoms with Crippen LogP contribution in [0.4, 0.5) is 0 Å². The molecule has 0 radical (unpaired) electrons. The maximum absolute atomic E-state index is 12.5. The molecule has 2 fully saturated rings. The van der Waals surface area contributed by atoms with Crippen molar-refractivity contribution < 1.29 is 4.79 Å². The maximum atomic E-state index is 12.5. The van der Waals surface area contributed by atoms with Crippen molar-refractivity contribution in [3.8, 4) is 0 Å². The van der Waals surface area contributed by atoms with Gasteiger partial charge in [-0.1, -0.05) is 6.92 Å². The maximum Gasteiger partial charge on any atom is 0.225 e. The van der Waals surface area contributed by atoms with Gasteiger partial charge in [-0.05, 0) is 52.1 Å². The van der Waals surface area contributed by atoms with Gasteiger partial charge in [-0.2, -0.15) is 0 Å². The lowest BCUT2D eigenvalue weighted by atomic mass is 9.79. The molecule has 2 N–H and O–H groups in total. The molecule has 0 bridgehead atoms. The Morgan fingerprint density at radius 1 is 1.16 bits per heavy atom. The van der Waals surface area contributed by atoms with Crippen LogP contribution in [0.1, 0.15) is 39.0 Å². The summed E-state index contributed by atoms with van der Waals surface area (Å²) in [5, 5.41) is 0. The molecule has 2 rings (SSSR count). The predicted molar refractivity (Wildman–Crippen MR) is 77.8 cm³/mol. The summed E-state index contributed by atoms with van der Waals surface area (Å²) in [4.78, 5) is 16.9. The average Bonchev–Trinajstić information content (AvgIpc) is 2.41. The third-order valence-electron chi connectivity index (χ3n) is 5.11. The highest BCUT2D eigenvalue weighted by Crippen LogP contribution is 2.30. The summed E-state index contributed by atoms with van der Waals surface area (Å²) in [5.74, 6) is 1.12. The van der Waals surface area contributed by atoms with Gasteiger partial charge in [0.25, 0.3) is 0 Å². The molecule has 4 heteroatoms. The number of hydrogen-bond donors (Lipinski definition) is 1. The van der Waals surface area contributed by atoms with E-state index in [1.165, 1.54) is 0 Å². The molecule has 3 atom stereocenters. The monoisotopic (exact) mass is 267 g/mol. The molecule has 1 aliphatic heterocycles. The Morgan fingerprint density at radius 2 is 1.79 bits per heavy atom. The minimum Gasteiger partial charge on any atom is -0.342 e. The summed E-state index contributed by atoms with van der Waals surface area (Å²) >= 11 is 0. The number of hydrogen-bond acceptors (Lipinski definition) is 3. The fourth-order valence-electron chi connectivity index (χ4n) is 3.44. The Bertz CT molecular complexity index is 311. The van der Waals surface area contributed by atoms with E-state index in [4.69, 9.17) is 5.73 Å². The molecule has 1 amide bonds. The van der Waals surface area contributed by atoms with Crippen molar-refractivity contribution in [1.29, 1.82) is 0 Å². The summed E-state index contributed by atoms with van der Waals surface area (Å²) in [6.45, 7) is 4.04. The van der Waals surface area contributed by atoms with Crippen LogP contribution in [0.25, 0.3) is 0 Å². The zero-order valence-electron chi connectivity index (χ0n) is 12.6. The van der Waals surface area contributed by atoms with Crippen LogP contribution >= 0.6 is 0 Å². The van der Waals surface area contributed by atoms with E-state index in [0.29, 0.717) is 17.9 Å². The van der Waals surface area contributed by atoms with Crippen molar-refractivity contribution >= 4 is 5.91 Å². The van der Waals surface area contributed by atoms with E-state index in [1.807, 2.05) is 0 Å². The molecule has 1 heterocycles. The van der Waals surface area contributed by atoms with Crippen LogP contribution in [-0.2, 0) is 4.79 Å². The molecule has 2 aliphatic rings. The topological polar surface area (TPSA) is 49.6 Å². The lowest BCUT2D eigenvalue weighted by Crippen LogP contribution is -2.48. The fourth-order valence-corrected chi connectivity index (χ4v) is 3.44. The van der Waals surface area contributed by atoms with E-state index >= 15 is 0 Å². The summed E-state index contributed by atoms with van der Waals surface area (Å²) < 4.78 is 0. The van der Waals surface area contributed by atoms with Crippen molar-refractivity contribution in [1.82, 2.24) is 9.80 Å². The molecule has 3 unspecified atom stereocenters. The predicted octanol–water partition coefficient (Wildman–Crippen LogP) is 1.30. The second kappa shape index (κ2) is 6.23. The van der Waals surface area contributed by atoms with Crippen molar-refractivity contribution in [2.75, 3.05) is 27.2 Å². The Kier molecular flexibility index (Phi) is 4.85. The minimum atomic E-state index is 0.183. The Balaban J connectivity index is 1.84. The van der Waals surface area contributed by atoms with Crippen LogP contribution in [0.15, 0.2) is 0 Å². The number of rotatable bonds is 2. The van der Waals surface area contributed by atoms with E-state index in [-0.39, 0.29) is 12.0 Å². The van der Waals surface area contributed by atoms with E-state index in [2.05, 4.69) is 30.8 Å². The molecule has 1 saturated heterocycles. The van der Waals surface area contributed by atoms with Gasteiger partial charge < -0.3 is 15.5 Å². The Labute approximate surface area is 117 Å². The zero-order chi connectivity index (χ0) is 14.0. The van der Waals surface area contributed by atoms with Crippen LogP contribution in [-0.4, -0.2) is 55.0 Å². The molecule has 0 aromatic heterocycles. The van der Waals surface area contributed by atoms with E-state index in [0.717, 1.165) is 45.2 Å². The zero-order valence-corrected chi connectivity index (χ0v) is 12.6. The van der Waals surface area contributed by atoms with Gasteiger partial charge in [0.05, 0.1) is 0 Å². The van der Waals surface area contributed by atoms with Gasteiger partial charge in [-0.25, -0.2) is 0 Å². The van der Waals surface area contributed by atoms with Crippen LogP contribution in [0.5, 0.6) is 0 Å². The third kappa shape index (κ3) is 3.48. The minimum absolute atomic E-state index is 0.183. The van der Waals surface area contributed by atoms with Crippen LogP contribution in [0.2, 0.25) is 0 Å². The second-order valence-electron chi connectivity index (χ2n) is 6.67. The molecular formula is C15H29N3O. The number of nitrogens with zero attached hydrogens (tertiary/aromatic N) is 2. The van der Waals surface area contributed by atoms with Gasteiger partial charge in [0.15, 0.2) is 0 Å². The van der Waals surface area contributed by atoms with E-state index in [9.17, 15) is 4.79 Å². The first-order valence-corrected chi connectivity index (χ1v) is 7.69. The number of carbonyl (C=O) groups excluding carboxylic acids is 1. The highest BCUT2D eigenvalue weighted by molar-refractivity contribution is 5.79. The molecule has 110 valence electrons. The lowest BCUT2D eigenvalue weighted by molar-refractivity contribution is -0.138. The number of piperidine rings is 1. The largest absolute Gasteiger partial charge is 0.342 e. The van der Waals surface area contributed by atoms with Gasteiger partial charge in [-0.3, -0.25) is 4.79 Å². The summed E-state index contributed by atoms with van der Waals surface area (Å²) in [5.41, 5.74) is 6.12. The molecule has 0 aromatic rings. The summed E-state index contributed by atoms with van der Waals surface area (Å²) in [6.07, 6.45) is 5.22. The number of likely N-dealkylation sites (tertiary alicyclic amines) is 1. The molecule has 0 spiro atoms. The van der Waals surface area contributed by atoms with Crippen LogP contribution in [0.3, 0.4) is 0 Å². The number of amides is 1. The third-order valence-corrected chi connectivity index (χ3v) is 5.11. The lowest BCUT2D eigenvalue weighted by Gasteiger charge is -2.39. The van der Waals surface area contributed by atoms with E-state index in [1.54, 1.807) is 0 Å². The molecule has 1 aliphatic carbocycles. The first-order valence-electron chi connectivity index (χ1n) is 7.69. The summed E-state index contributed by atoms with van der Waals surface area (Å²) in [7, 11) is 4.26. The normalized spacial score (nSPS) is 33.7. The first-order chi connectivity index (χ1) is 8.99. The first kappa shape index (κ1) is 14.8. The Hall–Kier alpha value is -0.610. The molecule has 4 nitrogen and oxygen atoms in total. The van der Waals surface area contributed by atoms with Crippen molar-refractivity contribution in [3.63, 3.8) is 0 Å². The number of carbonyl (C=O) groups is 1. The molecule has 0 aromatic carbocycles. The van der Waals surface area contributed by atoms with Crippen LogP contribution in [0, 0.1) is 11.8 Å². The highest BCUT2D eigenvalue weighted by Gasteiger charge is 2.33. The number of nitrogens with two attached hydrogens (primary N) is 1. The van der Waals surface area contributed by atoms with Gasteiger partial charge >= 0.3 is 0 Å². The smallest absolute Gasteiger partial charge is 0.225 e. The standard InChI is InChI=1S/C15H29N3O/c1-11-4-5-12(10-14(11)16)15(19)18-8-6-13(7-9-18)17(2)3/h11-14H,4-10,16H2,1-3H3. The fraction of sp³-hybridized carbons (Fsp3) is 0.933. The SMILES string of the molecule is CC1CCC(C(=O)N2CCC(N(C)C)CC2)CC1N. The Morgan fingerprint density at radius 3 is 2.32 bits per heavy atom.